The Kier molecular flexibility index (Phi) is 14.5. The summed E-state index contributed by atoms with van der Waals surface area (Å²) in [6.07, 6.45) is -0.713. The number of imide groups is 1. The predicted molar refractivity (Wildman–Crippen MR) is 169 cm³/mol. The number of carbonyl (C=O) groups excluding carboxylic acids is 9. The van der Waals surface area contributed by atoms with E-state index < -0.39 is 93.7 Å². The Hall–Kier alpha value is -3.61. The molecule has 48 heavy (non-hydrogen) atoms. The van der Waals surface area contributed by atoms with Crippen LogP contribution in [-0.4, -0.2) is 105 Å². The summed E-state index contributed by atoms with van der Waals surface area (Å²) in [7, 11) is 0. The van der Waals surface area contributed by atoms with Crippen LogP contribution in [-0.2, 0) is 62.3 Å². The number of halogens is 2. The van der Waals surface area contributed by atoms with Crippen molar-refractivity contribution in [1.29, 1.82) is 0 Å². The third-order valence-corrected chi connectivity index (χ3v) is 7.54. The molecule has 2 N–H and O–H groups in total. The third-order valence-electron chi connectivity index (χ3n) is 6.89. The first-order valence-electron chi connectivity index (χ1n) is 15.0. The molecule has 2 aliphatic heterocycles. The van der Waals surface area contributed by atoms with Gasteiger partial charge in [0.25, 0.3) is 17.7 Å². The highest BCUT2D eigenvalue weighted by Crippen LogP contribution is 2.25. The summed E-state index contributed by atoms with van der Waals surface area (Å²) in [6.45, 7) is 6.13. The number of hydroxylamine groups is 4. The van der Waals surface area contributed by atoms with Gasteiger partial charge >= 0.3 is 23.9 Å². The SMILES string of the molecule is CC(C)(Br)C(=O)OCC(C)(COC(=O)C(C)(C)Br)C(=O)NC(CCC(=O)ON1CCCC1=O)C(=O)NCCC(=O)ON1C(=O)CCC1=O. The van der Waals surface area contributed by atoms with Crippen LogP contribution >= 0.6 is 31.9 Å². The van der Waals surface area contributed by atoms with Gasteiger partial charge in [-0.05, 0) is 47.5 Å². The molecule has 0 saturated carbocycles. The minimum Gasteiger partial charge on any atom is -0.463 e. The van der Waals surface area contributed by atoms with E-state index in [-0.39, 0.29) is 44.7 Å². The molecule has 0 aromatic rings. The number of nitrogens with one attached hydrogen (secondary N) is 2. The molecule has 2 rings (SSSR count). The molecule has 0 aromatic carbocycles. The molecule has 268 valence electrons. The van der Waals surface area contributed by atoms with Gasteiger partial charge in [0.2, 0.25) is 11.8 Å². The summed E-state index contributed by atoms with van der Waals surface area (Å²) >= 11 is 6.35. The van der Waals surface area contributed by atoms with Gasteiger partial charge in [0.05, 0.1) is 19.4 Å². The monoisotopic (exact) mass is 810 g/mol. The zero-order chi connectivity index (χ0) is 36.4. The molecule has 0 radical (unpaired) electrons. The van der Waals surface area contributed by atoms with Crippen molar-refractivity contribution in [3.05, 3.63) is 0 Å². The Balaban J connectivity index is 2.18. The summed E-state index contributed by atoms with van der Waals surface area (Å²) in [6, 6.07) is -1.44. The molecule has 19 heteroatoms. The molecule has 2 aliphatic rings. The number of carbonyl (C=O) groups is 9. The van der Waals surface area contributed by atoms with Gasteiger partial charge in [-0.1, -0.05) is 31.9 Å². The van der Waals surface area contributed by atoms with E-state index in [9.17, 15) is 43.2 Å². The van der Waals surface area contributed by atoms with Gasteiger partial charge in [0.1, 0.15) is 33.3 Å². The molecular formula is C29H40Br2N4O13. The predicted octanol–water partition coefficient (Wildman–Crippen LogP) is 0.885. The number of nitrogens with zero attached hydrogens (tertiary/aromatic N) is 2. The Labute approximate surface area is 293 Å². The normalized spacial score (nSPS) is 15.9. The summed E-state index contributed by atoms with van der Waals surface area (Å²) in [5, 5.41) is 6.18. The fourth-order valence-electron chi connectivity index (χ4n) is 3.93. The van der Waals surface area contributed by atoms with Crippen molar-refractivity contribution in [1.82, 2.24) is 20.8 Å². The van der Waals surface area contributed by atoms with Crippen molar-refractivity contribution < 1.29 is 62.3 Å². The van der Waals surface area contributed by atoms with Gasteiger partial charge in [-0.25, -0.2) is 9.59 Å². The average Bonchev–Trinajstić information content (AvgIpc) is 3.54. The van der Waals surface area contributed by atoms with Crippen molar-refractivity contribution in [2.45, 2.75) is 94.3 Å². The number of ether oxygens (including phenoxy) is 2. The van der Waals surface area contributed by atoms with Crippen LogP contribution < -0.4 is 10.6 Å². The summed E-state index contributed by atoms with van der Waals surface area (Å²) in [5.41, 5.74) is -1.73. The zero-order valence-corrected chi connectivity index (χ0v) is 30.5. The number of rotatable bonds is 17. The summed E-state index contributed by atoms with van der Waals surface area (Å²) in [5.74, 6) is -6.79. The summed E-state index contributed by atoms with van der Waals surface area (Å²) in [4.78, 5) is 122. The van der Waals surface area contributed by atoms with Crippen LogP contribution in [0.5, 0.6) is 0 Å². The minimum atomic E-state index is -1.73. The minimum absolute atomic E-state index is 0.0996. The highest BCUT2D eigenvalue weighted by molar-refractivity contribution is 9.10. The number of alkyl halides is 2. The number of esters is 2. The van der Waals surface area contributed by atoms with Gasteiger partial charge in [-0.3, -0.25) is 33.6 Å². The van der Waals surface area contributed by atoms with Crippen molar-refractivity contribution in [2.24, 2.45) is 5.41 Å². The number of amides is 5. The van der Waals surface area contributed by atoms with E-state index in [1.807, 2.05) is 0 Å². The first kappa shape index (κ1) is 40.6. The van der Waals surface area contributed by atoms with Gasteiger partial charge in [0.15, 0.2) is 0 Å². The van der Waals surface area contributed by atoms with Gasteiger partial charge < -0.3 is 29.8 Å². The summed E-state index contributed by atoms with van der Waals surface area (Å²) < 4.78 is 8.43. The second-order valence-corrected chi connectivity index (χ2v) is 16.3. The maximum absolute atomic E-state index is 13.7. The van der Waals surface area contributed by atoms with Crippen LogP contribution in [0.2, 0.25) is 0 Å². The topological polar surface area (TPSA) is 221 Å². The molecule has 2 saturated heterocycles. The molecule has 17 nitrogen and oxygen atoms in total. The second kappa shape index (κ2) is 17.2. The Morgan fingerprint density at radius 2 is 1.29 bits per heavy atom. The van der Waals surface area contributed by atoms with Gasteiger partial charge in [0, 0.05) is 25.8 Å². The lowest BCUT2D eigenvalue weighted by Gasteiger charge is -2.31. The molecule has 1 atom stereocenters. The van der Waals surface area contributed by atoms with Crippen molar-refractivity contribution >= 4 is 85.3 Å². The Morgan fingerprint density at radius 3 is 1.77 bits per heavy atom. The van der Waals surface area contributed by atoms with E-state index in [1.165, 1.54) is 34.6 Å². The number of hydrogen-bond acceptors (Lipinski definition) is 13. The molecule has 2 heterocycles. The van der Waals surface area contributed by atoms with Crippen molar-refractivity contribution in [3.63, 3.8) is 0 Å². The standard InChI is InChI=1S/C29H40Br2N4O13/c1-27(2,30)25(43)45-15-29(5,16-46-26(44)28(3,4)31)24(42)33-17(8-11-21(39)47-34-14-6-7-18(34)36)23(41)32-13-12-22(40)48-35-19(37)9-10-20(35)38/h17H,6-16H2,1-5H3,(H,32,41)(H,33,42). The second-order valence-electron chi connectivity index (χ2n) is 12.4. The van der Waals surface area contributed by atoms with E-state index in [0.717, 1.165) is 5.06 Å². The molecule has 1 unspecified atom stereocenters. The molecular weight excluding hydrogens is 772 g/mol. The van der Waals surface area contributed by atoms with E-state index >= 15 is 0 Å². The van der Waals surface area contributed by atoms with Crippen LogP contribution in [0.3, 0.4) is 0 Å². The molecule has 0 aliphatic carbocycles. The smallest absolute Gasteiger partial charge is 0.334 e. The molecule has 2 fully saturated rings. The van der Waals surface area contributed by atoms with Gasteiger partial charge in [-0.2, -0.15) is 5.06 Å². The fourth-order valence-corrected chi connectivity index (χ4v) is 4.16. The lowest BCUT2D eigenvalue weighted by Crippen LogP contribution is -2.54. The molecule has 0 aromatic heterocycles. The largest absolute Gasteiger partial charge is 0.463 e. The van der Waals surface area contributed by atoms with Gasteiger partial charge in [-0.15, -0.1) is 5.06 Å². The lowest BCUT2D eigenvalue weighted by atomic mass is 9.90. The average molecular weight is 812 g/mol. The van der Waals surface area contributed by atoms with Crippen LogP contribution in [0.25, 0.3) is 0 Å². The van der Waals surface area contributed by atoms with Crippen LogP contribution in [0.4, 0.5) is 0 Å². The molecule has 5 amide bonds. The molecule has 0 bridgehead atoms. The zero-order valence-electron chi connectivity index (χ0n) is 27.3. The maximum Gasteiger partial charge on any atom is 0.334 e. The van der Waals surface area contributed by atoms with Crippen molar-refractivity contribution in [2.75, 3.05) is 26.3 Å². The Morgan fingerprint density at radius 1 is 0.771 bits per heavy atom. The first-order valence-corrected chi connectivity index (χ1v) is 16.6. The van der Waals surface area contributed by atoms with Crippen LogP contribution in [0, 0.1) is 5.41 Å². The Bertz CT molecular complexity index is 1260. The van der Waals surface area contributed by atoms with Crippen LogP contribution in [0.1, 0.15) is 79.6 Å². The quantitative estimate of drug-likeness (QED) is 0.119. The van der Waals surface area contributed by atoms with E-state index in [4.69, 9.17) is 19.1 Å². The van der Waals surface area contributed by atoms with E-state index in [0.29, 0.717) is 11.5 Å². The van der Waals surface area contributed by atoms with Crippen molar-refractivity contribution in [3.8, 4) is 0 Å². The van der Waals surface area contributed by atoms with Crippen LogP contribution in [0.15, 0.2) is 0 Å². The lowest BCUT2D eigenvalue weighted by molar-refractivity contribution is -0.197. The van der Waals surface area contributed by atoms with E-state index in [1.54, 1.807) is 0 Å². The number of hydrogen-bond donors (Lipinski definition) is 2. The highest BCUT2D eigenvalue weighted by Gasteiger charge is 2.41. The fraction of sp³-hybridized carbons (Fsp3) is 0.690. The molecule has 0 spiro atoms. The highest BCUT2D eigenvalue weighted by atomic mass is 79.9. The third kappa shape index (κ3) is 12.4. The maximum atomic E-state index is 13.7. The first-order chi connectivity index (χ1) is 22.1. The van der Waals surface area contributed by atoms with E-state index in [2.05, 4.69) is 42.5 Å².